The van der Waals surface area contributed by atoms with Crippen molar-refractivity contribution in [3.63, 3.8) is 0 Å². The van der Waals surface area contributed by atoms with E-state index in [4.69, 9.17) is 5.11 Å². The standard InChI is InChI=1S/C13H14F3NO6S2/c14-13(15,16)8-1-2-11(10(7-8)12(18)19)17-25(22,23)9-3-5-24(20,21)6-4-9/h1-2,7,9,17H,3-6H2,(H,18,19). The first kappa shape index (κ1) is 19.5. The first-order chi connectivity index (χ1) is 11.3. The third-order valence-electron chi connectivity index (χ3n) is 3.77. The molecule has 0 spiro atoms. The minimum Gasteiger partial charge on any atom is -0.478 e. The van der Waals surface area contributed by atoms with Gasteiger partial charge in [-0.05, 0) is 31.0 Å². The molecule has 2 rings (SSSR count). The summed E-state index contributed by atoms with van der Waals surface area (Å²) in [6, 6.07) is 1.63. The van der Waals surface area contributed by atoms with Gasteiger partial charge in [-0.15, -0.1) is 0 Å². The summed E-state index contributed by atoms with van der Waals surface area (Å²) in [5, 5.41) is 7.98. The van der Waals surface area contributed by atoms with Gasteiger partial charge in [0.05, 0.1) is 33.6 Å². The first-order valence-electron chi connectivity index (χ1n) is 6.98. The lowest BCUT2D eigenvalue weighted by molar-refractivity contribution is -0.137. The van der Waals surface area contributed by atoms with Crippen LogP contribution in [0.4, 0.5) is 18.9 Å². The van der Waals surface area contributed by atoms with E-state index >= 15 is 0 Å². The van der Waals surface area contributed by atoms with E-state index in [9.17, 15) is 34.8 Å². The van der Waals surface area contributed by atoms with Crippen molar-refractivity contribution in [1.29, 1.82) is 0 Å². The summed E-state index contributed by atoms with van der Waals surface area (Å²) in [7, 11) is -7.45. The van der Waals surface area contributed by atoms with E-state index in [2.05, 4.69) is 0 Å². The molecule has 140 valence electrons. The van der Waals surface area contributed by atoms with Gasteiger partial charge < -0.3 is 5.11 Å². The molecule has 25 heavy (non-hydrogen) atoms. The maximum absolute atomic E-state index is 12.7. The number of sulfonamides is 1. The molecule has 1 heterocycles. The summed E-state index contributed by atoms with van der Waals surface area (Å²) in [5.41, 5.74) is -2.58. The third-order valence-corrected chi connectivity index (χ3v) is 7.34. The zero-order valence-electron chi connectivity index (χ0n) is 12.6. The fourth-order valence-corrected chi connectivity index (χ4v) is 5.70. The molecule has 1 aliphatic heterocycles. The molecule has 1 saturated heterocycles. The monoisotopic (exact) mass is 401 g/mol. The number of rotatable bonds is 4. The van der Waals surface area contributed by atoms with Crippen molar-refractivity contribution in [2.24, 2.45) is 0 Å². The van der Waals surface area contributed by atoms with Crippen LogP contribution in [0.25, 0.3) is 0 Å². The molecular formula is C13H14F3NO6S2. The van der Waals surface area contributed by atoms with Crippen LogP contribution < -0.4 is 4.72 Å². The molecule has 7 nitrogen and oxygen atoms in total. The van der Waals surface area contributed by atoms with E-state index in [1.54, 1.807) is 0 Å². The van der Waals surface area contributed by atoms with E-state index in [1.165, 1.54) is 0 Å². The predicted molar refractivity (Wildman–Crippen MR) is 82.6 cm³/mol. The zero-order chi connectivity index (χ0) is 19.0. The van der Waals surface area contributed by atoms with Gasteiger partial charge in [-0.1, -0.05) is 0 Å². The molecule has 1 fully saturated rings. The molecular weight excluding hydrogens is 387 g/mol. The van der Waals surface area contributed by atoms with Crippen LogP contribution in [0.3, 0.4) is 0 Å². The average molecular weight is 401 g/mol. The van der Waals surface area contributed by atoms with Crippen molar-refractivity contribution in [2.45, 2.75) is 24.3 Å². The Hall–Kier alpha value is -1.82. The Kier molecular flexibility index (Phi) is 5.06. The topological polar surface area (TPSA) is 118 Å². The summed E-state index contributed by atoms with van der Waals surface area (Å²) in [4.78, 5) is 11.2. The molecule has 0 atom stereocenters. The Bertz CT molecular complexity index is 879. The minimum atomic E-state index is -4.78. The highest BCUT2D eigenvalue weighted by Crippen LogP contribution is 2.32. The summed E-state index contributed by atoms with van der Waals surface area (Å²) in [5.74, 6) is -2.37. The number of benzene rings is 1. The summed E-state index contributed by atoms with van der Waals surface area (Å²) < 4.78 is 87.3. The van der Waals surface area contributed by atoms with Gasteiger partial charge in [0.15, 0.2) is 0 Å². The molecule has 1 aliphatic rings. The second-order valence-electron chi connectivity index (χ2n) is 5.56. The number of halogens is 3. The van der Waals surface area contributed by atoms with Gasteiger partial charge in [0.1, 0.15) is 9.84 Å². The van der Waals surface area contributed by atoms with Gasteiger partial charge in [0, 0.05) is 0 Å². The van der Waals surface area contributed by atoms with E-state index in [0.29, 0.717) is 12.1 Å². The summed E-state index contributed by atoms with van der Waals surface area (Å²) in [6.45, 7) is 0. The largest absolute Gasteiger partial charge is 0.478 e. The van der Waals surface area contributed by atoms with Crippen LogP contribution in [0.1, 0.15) is 28.8 Å². The van der Waals surface area contributed by atoms with Gasteiger partial charge in [-0.3, -0.25) is 4.72 Å². The number of carboxylic acids is 1. The molecule has 0 saturated carbocycles. The van der Waals surface area contributed by atoms with Gasteiger partial charge >= 0.3 is 12.1 Å². The van der Waals surface area contributed by atoms with Crippen LogP contribution in [0.5, 0.6) is 0 Å². The highest BCUT2D eigenvalue weighted by atomic mass is 32.2. The number of alkyl halides is 3. The van der Waals surface area contributed by atoms with E-state index in [-0.39, 0.29) is 24.3 Å². The molecule has 0 amide bonds. The van der Waals surface area contributed by atoms with Crippen LogP contribution in [0, 0.1) is 0 Å². The predicted octanol–water partition coefficient (Wildman–Crippen LogP) is 1.72. The fraction of sp³-hybridized carbons (Fsp3) is 0.462. The van der Waals surface area contributed by atoms with Crippen LogP contribution >= 0.6 is 0 Å². The lowest BCUT2D eigenvalue weighted by Gasteiger charge is -2.23. The second-order valence-corrected chi connectivity index (χ2v) is 9.83. The lowest BCUT2D eigenvalue weighted by Crippen LogP contribution is -2.36. The maximum Gasteiger partial charge on any atom is 0.416 e. The highest BCUT2D eigenvalue weighted by molar-refractivity contribution is 7.94. The number of hydrogen-bond donors (Lipinski definition) is 2. The molecule has 0 aromatic heterocycles. The number of aromatic carboxylic acids is 1. The summed E-state index contributed by atoms with van der Waals surface area (Å²) >= 11 is 0. The summed E-state index contributed by atoms with van der Waals surface area (Å²) in [6.07, 6.45) is -5.11. The second kappa shape index (κ2) is 6.48. The number of anilines is 1. The van der Waals surface area contributed by atoms with Crippen molar-refractivity contribution in [3.05, 3.63) is 29.3 Å². The van der Waals surface area contributed by atoms with Crippen LogP contribution in [0.2, 0.25) is 0 Å². The van der Waals surface area contributed by atoms with Crippen molar-refractivity contribution in [1.82, 2.24) is 0 Å². The Morgan fingerprint density at radius 1 is 1.20 bits per heavy atom. The first-order valence-corrected chi connectivity index (χ1v) is 10.4. The number of carbonyl (C=O) groups is 1. The lowest BCUT2D eigenvalue weighted by atomic mass is 10.1. The molecule has 2 N–H and O–H groups in total. The number of hydrogen-bond acceptors (Lipinski definition) is 5. The third kappa shape index (κ3) is 4.63. The Morgan fingerprint density at radius 3 is 2.24 bits per heavy atom. The van der Waals surface area contributed by atoms with Crippen LogP contribution in [-0.2, 0) is 26.0 Å². The van der Waals surface area contributed by atoms with E-state index in [0.717, 1.165) is 6.07 Å². The van der Waals surface area contributed by atoms with Gasteiger partial charge in [-0.25, -0.2) is 21.6 Å². The number of carboxylic acid groups (broad SMARTS) is 1. The van der Waals surface area contributed by atoms with Crippen molar-refractivity contribution in [3.8, 4) is 0 Å². The van der Waals surface area contributed by atoms with E-state index < -0.39 is 54.1 Å². The molecule has 0 aliphatic carbocycles. The Morgan fingerprint density at radius 2 is 1.76 bits per heavy atom. The van der Waals surface area contributed by atoms with Crippen molar-refractivity contribution < 1.29 is 39.9 Å². The number of nitrogens with one attached hydrogen (secondary N) is 1. The SMILES string of the molecule is O=C(O)c1cc(C(F)(F)F)ccc1NS(=O)(=O)C1CCS(=O)(=O)CC1. The molecule has 12 heteroatoms. The smallest absolute Gasteiger partial charge is 0.416 e. The fourth-order valence-electron chi connectivity index (χ4n) is 2.40. The average Bonchev–Trinajstić information content (AvgIpc) is 2.45. The highest BCUT2D eigenvalue weighted by Gasteiger charge is 2.35. The Labute approximate surface area is 141 Å². The minimum absolute atomic E-state index is 0.166. The van der Waals surface area contributed by atoms with Crippen LogP contribution in [0.15, 0.2) is 18.2 Å². The van der Waals surface area contributed by atoms with E-state index in [1.807, 2.05) is 4.72 Å². The van der Waals surface area contributed by atoms with Gasteiger partial charge in [-0.2, -0.15) is 13.2 Å². The quantitative estimate of drug-likeness (QED) is 0.793. The zero-order valence-corrected chi connectivity index (χ0v) is 14.2. The van der Waals surface area contributed by atoms with Crippen molar-refractivity contribution in [2.75, 3.05) is 16.2 Å². The van der Waals surface area contributed by atoms with Gasteiger partial charge in [0.25, 0.3) is 0 Å². The van der Waals surface area contributed by atoms with Crippen molar-refractivity contribution >= 4 is 31.5 Å². The Balaban J connectivity index is 2.31. The molecule has 1 aromatic rings. The maximum atomic E-state index is 12.7. The molecule has 0 unspecified atom stereocenters. The number of sulfone groups is 1. The molecule has 0 radical (unpaired) electrons. The normalized spacial score (nSPS) is 18.7. The molecule has 1 aromatic carbocycles. The molecule has 0 bridgehead atoms. The van der Waals surface area contributed by atoms with Crippen LogP contribution in [-0.4, -0.2) is 44.7 Å². The van der Waals surface area contributed by atoms with Gasteiger partial charge in [0.2, 0.25) is 10.0 Å².